The van der Waals surface area contributed by atoms with Gasteiger partial charge in [0, 0.05) is 18.5 Å². The zero-order valence-electron chi connectivity index (χ0n) is 17.0. The van der Waals surface area contributed by atoms with E-state index in [1.807, 2.05) is 56.3 Å². The number of nitrogens with zero attached hydrogens (tertiary/aromatic N) is 3. The van der Waals surface area contributed by atoms with Crippen molar-refractivity contribution in [1.29, 1.82) is 0 Å². The van der Waals surface area contributed by atoms with Gasteiger partial charge in [-0.2, -0.15) is 0 Å². The summed E-state index contributed by atoms with van der Waals surface area (Å²) in [6, 6.07) is 13.0. The lowest BCUT2D eigenvalue weighted by molar-refractivity contribution is 0.0960. The van der Waals surface area contributed by atoms with Gasteiger partial charge in [0.2, 0.25) is 0 Å². The van der Waals surface area contributed by atoms with E-state index in [2.05, 4.69) is 4.98 Å². The van der Waals surface area contributed by atoms with Gasteiger partial charge >= 0.3 is 0 Å². The van der Waals surface area contributed by atoms with E-state index in [9.17, 15) is 4.79 Å². The predicted molar refractivity (Wildman–Crippen MR) is 122 cm³/mol. The number of hydrogen-bond donors (Lipinski definition) is 0. The lowest BCUT2D eigenvalue weighted by Crippen LogP contribution is -2.36. The molecule has 0 unspecified atom stereocenters. The average molecular weight is 444 g/mol. The Morgan fingerprint density at radius 1 is 1.20 bits per heavy atom. The Labute approximate surface area is 183 Å². The molecule has 0 spiro atoms. The second kappa shape index (κ2) is 8.63. The van der Waals surface area contributed by atoms with E-state index in [1.54, 1.807) is 17.0 Å². The maximum Gasteiger partial charge on any atom is 0.295 e. The largest absolute Gasteiger partial charge is 0.490 e. The zero-order valence-corrected chi connectivity index (χ0v) is 18.6. The number of furan rings is 1. The molecule has 0 aliphatic carbocycles. The van der Waals surface area contributed by atoms with Gasteiger partial charge in [-0.15, -0.1) is 0 Å². The minimum Gasteiger partial charge on any atom is -0.490 e. The van der Waals surface area contributed by atoms with E-state index in [0.29, 0.717) is 46.7 Å². The van der Waals surface area contributed by atoms with E-state index < -0.39 is 0 Å². The van der Waals surface area contributed by atoms with Crippen LogP contribution in [0.3, 0.4) is 0 Å². The third-order valence-corrected chi connectivity index (χ3v) is 5.97. The van der Waals surface area contributed by atoms with Crippen LogP contribution in [0.25, 0.3) is 21.2 Å². The number of carbonyl (C=O) groups is 1. The summed E-state index contributed by atoms with van der Waals surface area (Å²) in [5.41, 5.74) is 1.27. The number of benzene rings is 2. The number of thiazole rings is 1. The molecular formula is C22H22ClN3O3S. The van der Waals surface area contributed by atoms with Gasteiger partial charge in [-0.3, -0.25) is 9.69 Å². The minimum atomic E-state index is -0.245. The highest BCUT2D eigenvalue weighted by Crippen LogP contribution is 2.34. The van der Waals surface area contributed by atoms with Crippen LogP contribution >= 0.6 is 22.9 Å². The summed E-state index contributed by atoms with van der Waals surface area (Å²) < 4.78 is 12.5. The fraction of sp³-hybridized carbons (Fsp3) is 0.273. The Balaban J connectivity index is 1.74. The predicted octanol–water partition coefficient (Wildman–Crippen LogP) is 5.30. The van der Waals surface area contributed by atoms with Crippen LogP contribution in [0.4, 0.5) is 5.13 Å². The molecule has 0 aliphatic heterocycles. The number of carbonyl (C=O) groups excluding carboxylic acids is 1. The third-order valence-electron chi connectivity index (χ3n) is 4.62. The number of hydrogen-bond acceptors (Lipinski definition) is 6. The lowest BCUT2D eigenvalue weighted by Gasteiger charge is -2.20. The number of para-hydroxylation sites is 2. The van der Waals surface area contributed by atoms with Crippen LogP contribution in [0.2, 0.25) is 5.02 Å². The summed E-state index contributed by atoms with van der Waals surface area (Å²) in [5, 5.41) is 1.99. The van der Waals surface area contributed by atoms with Crippen molar-refractivity contribution in [3.05, 3.63) is 53.2 Å². The highest BCUT2D eigenvalue weighted by atomic mass is 35.5. The summed E-state index contributed by atoms with van der Waals surface area (Å²) in [4.78, 5) is 21.8. The number of amides is 1. The van der Waals surface area contributed by atoms with E-state index in [1.165, 1.54) is 11.3 Å². The van der Waals surface area contributed by atoms with Gasteiger partial charge in [-0.1, -0.05) is 41.1 Å². The molecule has 0 N–H and O–H groups in total. The number of aromatic nitrogens is 1. The first kappa shape index (κ1) is 20.7. The fourth-order valence-corrected chi connectivity index (χ4v) is 4.44. The van der Waals surface area contributed by atoms with E-state index in [-0.39, 0.29) is 11.7 Å². The van der Waals surface area contributed by atoms with Crippen molar-refractivity contribution in [2.24, 2.45) is 0 Å². The number of anilines is 1. The number of rotatable bonds is 7. The molecule has 0 saturated heterocycles. The van der Waals surface area contributed by atoms with Gasteiger partial charge in [-0.05, 0) is 45.3 Å². The third kappa shape index (κ3) is 4.01. The summed E-state index contributed by atoms with van der Waals surface area (Å²) in [6.07, 6.45) is 0. The second-order valence-electron chi connectivity index (χ2n) is 7.06. The Morgan fingerprint density at radius 2 is 2.00 bits per heavy atom. The minimum absolute atomic E-state index is 0.245. The molecule has 4 aromatic rings. The topological polar surface area (TPSA) is 58.8 Å². The Morgan fingerprint density at radius 3 is 2.73 bits per heavy atom. The van der Waals surface area contributed by atoms with Gasteiger partial charge in [0.1, 0.15) is 5.52 Å². The van der Waals surface area contributed by atoms with Crippen molar-refractivity contribution in [3.8, 4) is 5.75 Å². The smallest absolute Gasteiger partial charge is 0.295 e. The van der Waals surface area contributed by atoms with E-state index in [0.717, 1.165) is 10.1 Å². The summed E-state index contributed by atoms with van der Waals surface area (Å²) >= 11 is 7.74. The number of likely N-dealkylation sites (N-methyl/N-ethyl adjacent to an activating group) is 1. The lowest BCUT2D eigenvalue weighted by atomic mass is 10.2. The van der Waals surface area contributed by atoms with Crippen LogP contribution in [0.1, 0.15) is 17.5 Å². The molecule has 2 aromatic carbocycles. The Bertz CT molecular complexity index is 1200. The van der Waals surface area contributed by atoms with Gasteiger partial charge in [0.15, 0.2) is 22.2 Å². The standard InChI is InChI=1S/C22H22ClN3O3S/c1-4-28-16-9-5-7-14-13-17(29-20(14)16)21(27)26(12-11-25(2)3)22-24-19-15(23)8-6-10-18(19)30-22/h5-10,13H,4,11-12H2,1-3H3. The molecule has 2 heterocycles. The van der Waals surface area contributed by atoms with Crippen molar-refractivity contribution in [2.45, 2.75) is 6.92 Å². The molecule has 8 heteroatoms. The highest BCUT2D eigenvalue weighted by molar-refractivity contribution is 7.22. The first-order valence-electron chi connectivity index (χ1n) is 9.65. The van der Waals surface area contributed by atoms with E-state index >= 15 is 0 Å². The highest BCUT2D eigenvalue weighted by Gasteiger charge is 2.25. The molecular weight excluding hydrogens is 422 g/mol. The Hall–Kier alpha value is -2.61. The van der Waals surface area contributed by atoms with Crippen molar-refractivity contribution >= 4 is 55.2 Å². The van der Waals surface area contributed by atoms with Crippen molar-refractivity contribution in [3.63, 3.8) is 0 Å². The van der Waals surface area contributed by atoms with Gasteiger partial charge < -0.3 is 14.1 Å². The van der Waals surface area contributed by atoms with Crippen molar-refractivity contribution in [1.82, 2.24) is 9.88 Å². The van der Waals surface area contributed by atoms with E-state index in [4.69, 9.17) is 20.8 Å². The maximum atomic E-state index is 13.5. The molecule has 0 aliphatic rings. The molecule has 156 valence electrons. The number of halogens is 1. The van der Waals surface area contributed by atoms with Gasteiger partial charge in [0.25, 0.3) is 5.91 Å². The van der Waals surface area contributed by atoms with Gasteiger partial charge in [0.05, 0.1) is 16.3 Å². The molecule has 30 heavy (non-hydrogen) atoms. The van der Waals surface area contributed by atoms with Crippen LogP contribution in [-0.2, 0) is 0 Å². The van der Waals surface area contributed by atoms with Crippen molar-refractivity contribution < 1.29 is 13.9 Å². The summed E-state index contributed by atoms with van der Waals surface area (Å²) in [5.74, 6) is 0.632. The molecule has 0 radical (unpaired) electrons. The first-order valence-corrected chi connectivity index (χ1v) is 10.8. The first-order chi connectivity index (χ1) is 14.5. The van der Waals surface area contributed by atoms with Crippen LogP contribution in [0.15, 0.2) is 46.9 Å². The normalized spacial score (nSPS) is 11.5. The zero-order chi connectivity index (χ0) is 21.3. The second-order valence-corrected chi connectivity index (χ2v) is 8.48. The maximum absolute atomic E-state index is 13.5. The molecule has 4 rings (SSSR count). The summed E-state index contributed by atoms with van der Waals surface area (Å²) in [6.45, 7) is 3.58. The van der Waals surface area contributed by atoms with Crippen LogP contribution in [0, 0.1) is 0 Å². The van der Waals surface area contributed by atoms with Crippen LogP contribution in [0.5, 0.6) is 5.75 Å². The Kier molecular flexibility index (Phi) is 5.94. The molecule has 0 saturated carbocycles. The molecule has 6 nitrogen and oxygen atoms in total. The fourth-order valence-electron chi connectivity index (χ4n) is 3.15. The average Bonchev–Trinajstić information content (AvgIpc) is 3.34. The quantitative estimate of drug-likeness (QED) is 0.387. The SMILES string of the molecule is CCOc1cccc2cc(C(=O)N(CCN(C)C)c3nc4c(Cl)cccc4s3)oc12. The monoisotopic (exact) mass is 443 g/mol. The molecule has 0 fully saturated rings. The summed E-state index contributed by atoms with van der Waals surface area (Å²) in [7, 11) is 3.93. The number of ether oxygens (including phenoxy) is 1. The van der Waals surface area contributed by atoms with Gasteiger partial charge in [-0.25, -0.2) is 4.98 Å². The molecule has 1 amide bonds. The number of fused-ring (bicyclic) bond motifs is 2. The van der Waals surface area contributed by atoms with Crippen LogP contribution in [-0.4, -0.2) is 49.6 Å². The molecule has 2 aromatic heterocycles. The molecule has 0 atom stereocenters. The van der Waals surface area contributed by atoms with Crippen molar-refractivity contribution in [2.75, 3.05) is 38.7 Å². The molecule has 0 bridgehead atoms. The van der Waals surface area contributed by atoms with Crippen LogP contribution < -0.4 is 9.64 Å².